The molecule has 3 amide bonds. The highest BCUT2D eigenvalue weighted by Gasteiger charge is 2.44. The molecular weight excluding hydrogens is 602 g/mol. The molecule has 1 aliphatic rings. The molecule has 1 aromatic carbocycles. The number of benzene rings is 1. The van der Waals surface area contributed by atoms with Gasteiger partial charge in [0, 0.05) is 25.2 Å². The number of carbonyl (C=O) groups is 3. The van der Waals surface area contributed by atoms with Crippen molar-refractivity contribution in [3.05, 3.63) is 69.0 Å². The summed E-state index contributed by atoms with van der Waals surface area (Å²) in [5.74, 6) is -0.943. The smallest absolute Gasteiger partial charge is 0.407 e. The third kappa shape index (κ3) is 11.4. The molecule has 6 atom stereocenters. The van der Waals surface area contributed by atoms with E-state index in [0.29, 0.717) is 12.0 Å². The van der Waals surface area contributed by atoms with E-state index in [1.54, 1.807) is 30.3 Å². The van der Waals surface area contributed by atoms with Crippen LogP contribution in [0.2, 0.25) is 0 Å². The van der Waals surface area contributed by atoms with Crippen LogP contribution in [0.15, 0.2) is 52.2 Å². The number of carbonyl (C=O) groups excluding carboxylic acids is 3. The summed E-state index contributed by atoms with van der Waals surface area (Å²) in [6.07, 6.45) is 1.25. The highest BCUT2D eigenvalue weighted by atomic mass is 16.6. The highest BCUT2D eigenvalue weighted by Crippen LogP contribution is 2.27. The SMILES string of the molecule is CCCCCCCCCC(=O)NC(COC(=O)NCC(=O)NC[C@H]1O[C@@H](n2ccc(=O)[nH]c2=O)[C@H](O)[C@@H]1O)C(O)c1ccccc1. The summed E-state index contributed by atoms with van der Waals surface area (Å²) in [5.41, 5.74) is -0.959. The van der Waals surface area contributed by atoms with Crippen LogP contribution >= 0.6 is 0 Å². The Morgan fingerprint density at radius 2 is 1.65 bits per heavy atom. The van der Waals surface area contributed by atoms with Gasteiger partial charge in [-0.2, -0.15) is 0 Å². The van der Waals surface area contributed by atoms with Gasteiger partial charge >= 0.3 is 11.8 Å². The van der Waals surface area contributed by atoms with Crippen molar-refractivity contribution < 1.29 is 39.2 Å². The fraction of sp³-hybridized carbons (Fsp3) is 0.581. The summed E-state index contributed by atoms with van der Waals surface area (Å²) in [6, 6.07) is 8.76. The van der Waals surface area contributed by atoms with Gasteiger partial charge in [-0.3, -0.25) is 23.9 Å². The van der Waals surface area contributed by atoms with Gasteiger partial charge in [0.05, 0.1) is 12.6 Å². The number of aliphatic hydroxyl groups excluding tert-OH is 3. The fourth-order valence-electron chi connectivity index (χ4n) is 5.02. The van der Waals surface area contributed by atoms with Gasteiger partial charge in [0.25, 0.3) is 5.56 Å². The number of ether oxygens (including phenoxy) is 2. The minimum absolute atomic E-state index is 0.265. The molecule has 254 valence electrons. The van der Waals surface area contributed by atoms with E-state index in [2.05, 4.69) is 22.9 Å². The van der Waals surface area contributed by atoms with Crippen molar-refractivity contribution >= 4 is 17.9 Å². The van der Waals surface area contributed by atoms with E-state index in [1.807, 2.05) is 4.98 Å². The zero-order valence-electron chi connectivity index (χ0n) is 25.9. The van der Waals surface area contributed by atoms with Gasteiger partial charge in [-0.15, -0.1) is 0 Å². The van der Waals surface area contributed by atoms with Gasteiger partial charge < -0.3 is 40.7 Å². The number of aliphatic hydroxyl groups is 3. The Morgan fingerprint density at radius 1 is 0.957 bits per heavy atom. The lowest BCUT2D eigenvalue weighted by atomic mass is 10.0. The van der Waals surface area contributed by atoms with Crippen LogP contribution in [0.3, 0.4) is 0 Å². The summed E-state index contributed by atoms with van der Waals surface area (Å²) in [6.45, 7) is 1.02. The van der Waals surface area contributed by atoms with Gasteiger partial charge in [0.2, 0.25) is 11.8 Å². The van der Waals surface area contributed by atoms with Gasteiger partial charge in [-0.25, -0.2) is 9.59 Å². The van der Waals surface area contributed by atoms with E-state index in [4.69, 9.17) is 9.47 Å². The average molecular weight is 648 g/mol. The normalized spacial score (nSPS) is 20.4. The number of unbranched alkanes of at least 4 members (excludes halogenated alkanes) is 6. The van der Waals surface area contributed by atoms with Crippen LogP contribution in [0.1, 0.15) is 76.2 Å². The number of alkyl carbamates (subject to hydrolysis) is 1. The van der Waals surface area contributed by atoms with E-state index in [1.165, 1.54) is 19.3 Å². The van der Waals surface area contributed by atoms with Crippen molar-refractivity contribution in [2.75, 3.05) is 19.7 Å². The number of aromatic amines is 1. The van der Waals surface area contributed by atoms with Crippen molar-refractivity contribution in [2.45, 2.75) is 95.0 Å². The van der Waals surface area contributed by atoms with Crippen LogP contribution in [-0.2, 0) is 19.1 Å². The lowest BCUT2D eigenvalue weighted by Gasteiger charge is -2.24. The van der Waals surface area contributed by atoms with Gasteiger partial charge in [0.15, 0.2) is 6.23 Å². The second-order valence-electron chi connectivity index (χ2n) is 11.2. The first-order chi connectivity index (χ1) is 22.1. The van der Waals surface area contributed by atoms with Crippen molar-refractivity contribution in [3.8, 4) is 0 Å². The van der Waals surface area contributed by atoms with Crippen molar-refractivity contribution in [2.24, 2.45) is 0 Å². The molecule has 0 bridgehead atoms. The second-order valence-corrected chi connectivity index (χ2v) is 11.2. The second kappa shape index (κ2) is 18.8. The first-order valence-electron chi connectivity index (χ1n) is 15.6. The predicted molar refractivity (Wildman–Crippen MR) is 166 cm³/mol. The molecule has 3 rings (SSSR count). The molecule has 2 unspecified atom stereocenters. The molecule has 2 aromatic rings. The van der Waals surface area contributed by atoms with Crippen LogP contribution in [0.25, 0.3) is 0 Å². The van der Waals surface area contributed by atoms with Crippen LogP contribution in [0.4, 0.5) is 4.79 Å². The first-order valence-corrected chi connectivity index (χ1v) is 15.6. The molecule has 0 aliphatic carbocycles. The number of aromatic nitrogens is 2. The molecule has 15 heteroatoms. The zero-order valence-corrected chi connectivity index (χ0v) is 25.9. The Balaban J connectivity index is 1.44. The number of rotatable bonds is 18. The van der Waals surface area contributed by atoms with Crippen LogP contribution in [-0.4, -0.2) is 86.8 Å². The Bertz CT molecular complexity index is 1370. The Hall–Kier alpha value is -4.05. The zero-order chi connectivity index (χ0) is 33.5. The number of hydrogen-bond donors (Lipinski definition) is 7. The molecule has 0 spiro atoms. The topological polar surface area (TPSA) is 221 Å². The molecular formula is C31H45N5O10. The molecule has 2 heterocycles. The van der Waals surface area contributed by atoms with Crippen LogP contribution < -0.4 is 27.2 Å². The van der Waals surface area contributed by atoms with E-state index in [0.717, 1.165) is 36.1 Å². The molecule has 1 aromatic heterocycles. The highest BCUT2D eigenvalue weighted by molar-refractivity contribution is 5.82. The van der Waals surface area contributed by atoms with E-state index >= 15 is 0 Å². The maximum atomic E-state index is 12.6. The molecule has 1 fully saturated rings. The Labute approximate surface area is 266 Å². The monoisotopic (exact) mass is 647 g/mol. The molecule has 1 saturated heterocycles. The van der Waals surface area contributed by atoms with E-state index in [9.17, 15) is 39.3 Å². The largest absolute Gasteiger partial charge is 0.447 e. The van der Waals surface area contributed by atoms with Crippen molar-refractivity contribution in [1.29, 1.82) is 0 Å². The molecule has 0 saturated carbocycles. The minimum atomic E-state index is -1.52. The maximum absolute atomic E-state index is 12.6. The lowest BCUT2D eigenvalue weighted by Crippen LogP contribution is -2.45. The standard InChI is InChI=1S/C31H45N5O10/c1-2-3-4-5-6-7-11-14-23(37)34-21(26(40)20-12-9-8-10-13-20)19-45-31(44)33-18-25(39)32-17-22-27(41)28(42)29(46-22)36-16-15-24(38)35-30(36)43/h8-10,12-13,15-16,21-22,26-29,40-42H,2-7,11,14,17-19H2,1H3,(H,32,39)(H,33,44)(H,34,37)(H,35,38,43)/t21?,22-,26?,27-,28-,29-/m1/s1. The minimum Gasteiger partial charge on any atom is -0.447 e. The molecule has 15 nitrogen and oxygen atoms in total. The molecule has 1 aliphatic heterocycles. The summed E-state index contributed by atoms with van der Waals surface area (Å²) in [5, 5.41) is 39.0. The van der Waals surface area contributed by atoms with Crippen molar-refractivity contribution in [3.63, 3.8) is 0 Å². The van der Waals surface area contributed by atoms with Gasteiger partial charge in [0.1, 0.15) is 31.0 Å². The Kier molecular flexibility index (Phi) is 14.9. The Morgan fingerprint density at radius 3 is 2.35 bits per heavy atom. The fourth-order valence-corrected chi connectivity index (χ4v) is 5.02. The summed E-state index contributed by atoms with van der Waals surface area (Å²) in [7, 11) is 0. The number of hydrogen-bond acceptors (Lipinski definition) is 10. The van der Waals surface area contributed by atoms with Crippen molar-refractivity contribution in [1.82, 2.24) is 25.5 Å². The third-order valence-electron chi connectivity index (χ3n) is 7.63. The number of nitrogens with zero attached hydrogens (tertiary/aromatic N) is 1. The summed E-state index contributed by atoms with van der Waals surface area (Å²) >= 11 is 0. The van der Waals surface area contributed by atoms with Crippen LogP contribution in [0.5, 0.6) is 0 Å². The quantitative estimate of drug-likeness (QED) is 0.110. The molecule has 46 heavy (non-hydrogen) atoms. The first kappa shape index (κ1) is 36.4. The lowest BCUT2D eigenvalue weighted by molar-refractivity contribution is -0.123. The number of H-pyrrole nitrogens is 1. The maximum Gasteiger partial charge on any atom is 0.407 e. The van der Waals surface area contributed by atoms with E-state index < -0.39 is 66.5 Å². The third-order valence-corrected chi connectivity index (χ3v) is 7.63. The van der Waals surface area contributed by atoms with Gasteiger partial charge in [-0.05, 0) is 12.0 Å². The average Bonchev–Trinajstić information content (AvgIpc) is 3.32. The van der Waals surface area contributed by atoms with Crippen LogP contribution in [0, 0.1) is 0 Å². The number of amides is 3. The van der Waals surface area contributed by atoms with Gasteiger partial charge in [-0.1, -0.05) is 75.8 Å². The summed E-state index contributed by atoms with van der Waals surface area (Å²) in [4.78, 5) is 62.7. The van der Waals surface area contributed by atoms with E-state index in [-0.39, 0.29) is 25.5 Å². The molecule has 0 radical (unpaired) electrons. The molecule has 7 N–H and O–H groups in total. The summed E-state index contributed by atoms with van der Waals surface area (Å²) < 4.78 is 11.7. The predicted octanol–water partition coefficient (Wildman–Crippen LogP) is 0.357. The number of nitrogens with one attached hydrogen (secondary N) is 4.